The van der Waals surface area contributed by atoms with Crippen molar-refractivity contribution in [3.8, 4) is 0 Å². The van der Waals surface area contributed by atoms with E-state index in [9.17, 15) is 4.79 Å². The first kappa shape index (κ1) is 15.6. The van der Waals surface area contributed by atoms with E-state index in [0.717, 1.165) is 24.8 Å². The number of ether oxygens (including phenoxy) is 1. The third kappa shape index (κ3) is 4.35. The number of carbonyl (C=O) groups is 1. The minimum Gasteiger partial charge on any atom is -0.445 e. The minimum absolute atomic E-state index is 0.169. The molecule has 1 saturated heterocycles. The predicted molar refractivity (Wildman–Crippen MR) is 85.0 cm³/mol. The zero-order chi connectivity index (χ0) is 15.2. The molecule has 1 amide bonds. The van der Waals surface area contributed by atoms with Gasteiger partial charge in [0, 0.05) is 6.04 Å². The Morgan fingerprint density at radius 1 is 1.29 bits per heavy atom. The van der Waals surface area contributed by atoms with Gasteiger partial charge >= 0.3 is 6.09 Å². The number of benzene rings is 1. The molecule has 1 heterocycles. The largest absolute Gasteiger partial charge is 0.445 e. The molecule has 1 aromatic carbocycles. The summed E-state index contributed by atoms with van der Waals surface area (Å²) >= 11 is 0. The molecule has 2 rings (SSSR count). The lowest BCUT2D eigenvalue weighted by atomic mass is 9.96. The van der Waals surface area contributed by atoms with Crippen molar-refractivity contribution < 1.29 is 9.53 Å². The van der Waals surface area contributed by atoms with Crippen LogP contribution in [0.4, 0.5) is 4.79 Å². The molecule has 2 atom stereocenters. The van der Waals surface area contributed by atoms with Gasteiger partial charge in [0.2, 0.25) is 0 Å². The van der Waals surface area contributed by atoms with Gasteiger partial charge in [-0.1, -0.05) is 42.0 Å². The molecule has 0 bridgehead atoms. The van der Waals surface area contributed by atoms with Crippen molar-refractivity contribution in [3.63, 3.8) is 0 Å². The molecule has 114 valence electrons. The maximum absolute atomic E-state index is 12.4. The van der Waals surface area contributed by atoms with Crippen LogP contribution >= 0.6 is 0 Å². The molecule has 0 radical (unpaired) electrons. The third-order valence-corrected chi connectivity index (χ3v) is 3.90. The van der Waals surface area contributed by atoms with Crippen molar-refractivity contribution in [2.24, 2.45) is 0 Å². The summed E-state index contributed by atoms with van der Waals surface area (Å²) in [7, 11) is 0. The van der Waals surface area contributed by atoms with E-state index in [1.54, 1.807) is 0 Å². The van der Waals surface area contributed by atoms with Gasteiger partial charge in [-0.15, -0.1) is 0 Å². The summed E-state index contributed by atoms with van der Waals surface area (Å²) in [5.41, 5.74) is 2.27. The molecule has 0 N–H and O–H groups in total. The van der Waals surface area contributed by atoms with Crippen LogP contribution in [-0.2, 0) is 11.3 Å². The number of hydrogen-bond acceptors (Lipinski definition) is 2. The highest BCUT2D eigenvalue weighted by Gasteiger charge is 2.31. The Morgan fingerprint density at radius 3 is 2.67 bits per heavy atom. The number of amides is 1. The van der Waals surface area contributed by atoms with Crippen LogP contribution in [0.25, 0.3) is 0 Å². The first-order valence-electron chi connectivity index (χ1n) is 7.72. The molecule has 0 aliphatic carbocycles. The van der Waals surface area contributed by atoms with Gasteiger partial charge in [-0.05, 0) is 45.6 Å². The van der Waals surface area contributed by atoms with Crippen LogP contribution in [0.2, 0.25) is 0 Å². The Bertz CT molecular complexity index is 491. The second kappa shape index (κ2) is 7.30. The first-order valence-corrected chi connectivity index (χ1v) is 7.72. The summed E-state index contributed by atoms with van der Waals surface area (Å²) in [6.07, 6.45) is 5.22. The Kier molecular flexibility index (Phi) is 5.43. The highest BCUT2D eigenvalue weighted by molar-refractivity contribution is 5.69. The van der Waals surface area contributed by atoms with Crippen LogP contribution < -0.4 is 0 Å². The van der Waals surface area contributed by atoms with Gasteiger partial charge in [-0.2, -0.15) is 0 Å². The third-order valence-electron chi connectivity index (χ3n) is 3.90. The van der Waals surface area contributed by atoms with Gasteiger partial charge in [0.15, 0.2) is 0 Å². The number of carbonyl (C=O) groups excluding carboxylic acids is 1. The molecule has 21 heavy (non-hydrogen) atoms. The smallest absolute Gasteiger partial charge is 0.410 e. The molecule has 3 heteroatoms. The fourth-order valence-corrected chi connectivity index (χ4v) is 2.89. The summed E-state index contributed by atoms with van der Waals surface area (Å²) < 4.78 is 5.51. The number of allylic oxidation sites excluding steroid dienone is 1. The predicted octanol–water partition coefficient (Wildman–Crippen LogP) is 4.53. The number of nitrogens with zero attached hydrogens (tertiary/aromatic N) is 1. The molecule has 0 saturated carbocycles. The molecule has 1 aliphatic rings. The van der Waals surface area contributed by atoms with Gasteiger partial charge < -0.3 is 4.74 Å². The first-order chi connectivity index (χ1) is 10.1. The van der Waals surface area contributed by atoms with E-state index >= 15 is 0 Å². The lowest BCUT2D eigenvalue weighted by Crippen LogP contribution is -2.48. The molecule has 0 unspecified atom stereocenters. The molecular weight excluding hydrogens is 262 g/mol. The van der Waals surface area contributed by atoms with E-state index in [4.69, 9.17) is 4.74 Å². The van der Waals surface area contributed by atoms with Gasteiger partial charge in [-0.3, -0.25) is 4.90 Å². The highest BCUT2D eigenvalue weighted by Crippen LogP contribution is 2.25. The number of rotatable bonds is 3. The second-order valence-electron chi connectivity index (χ2n) is 6.04. The summed E-state index contributed by atoms with van der Waals surface area (Å²) in [6, 6.07) is 10.2. The molecule has 0 aromatic heterocycles. The monoisotopic (exact) mass is 287 g/mol. The van der Waals surface area contributed by atoms with Crippen molar-refractivity contribution in [2.75, 3.05) is 0 Å². The standard InChI is InChI=1S/C18H25NO2/c1-14(2)12-17-11-7-8-15(3)19(17)18(20)21-13-16-9-5-4-6-10-16/h4-6,9-10,12,15,17H,7-8,11,13H2,1-3H3/t15-,17-/m1/s1. The zero-order valence-corrected chi connectivity index (χ0v) is 13.2. The van der Waals surface area contributed by atoms with E-state index < -0.39 is 0 Å². The fourth-order valence-electron chi connectivity index (χ4n) is 2.89. The number of likely N-dealkylation sites (tertiary alicyclic amines) is 1. The molecule has 3 nitrogen and oxygen atoms in total. The van der Waals surface area contributed by atoms with Gasteiger partial charge in [0.05, 0.1) is 6.04 Å². The molecule has 0 spiro atoms. The fraction of sp³-hybridized carbons (Fsp3) is 0.500. The molecule has 1 aliphatic heterocycles. The van der Waals surface area contributed by atoms with Crippen molar-refractivity contribution >= 4 is 6.09 Å². The maximum atomic E-state index is 12.4. The Balaban J connectivity index is 2.02. The second-order valence-corrected chi connectivity index (χ2v) is 6.04. The lowest BCUT2D eigenvalue weighted by Gasteiger charge is -2.38. The van der Waals surface area contributed by atoms with Crippen LogP contribution in [-0.4, -0.2) is 23.1 Å². The zero-order valence-electron chi connectivity index (χ0n) is 13.2. The van der Waals surface area contributed by atoms with E-state index in [0.29, 0.717) is 6.61 Å². The van der Waals surface area contributed by atoms with Gasteiger partial charge in [0.1, 0.15) is 6.61 Å². The Hall–Kier alpha value is -1.77. The van der Waals surface area contributed by atoms with Crippen molar-refractivity contribution in [1.29, 1.82) is 0 Å². The van der Waals surface area contributed by atoms with Gasteiger partial charge in [-0.25, -0.2) is 4.79 Å². The van der Waals surface area contributed by atoms with Crippen LogP contribution in [0.3, 0.4) is 0 Å². The highest BCUT2D eigenvalue weighted by atomic mass is 16.6. The van der Waals surface area contributed by atoms with Crippen LogP contribution in [0.5, 0.6) is 0 Å². The van der Waals surface area contributed by atoms with Crippen LogP contribution in [0.15, 0.2) is 42.0 Å². The topological polar surface area (TPSA) is 29.5 Å². The molecule has 1 aromatic rings. The summed E-state index contributed by atoms with van der Waals surface area (Å²) in [5, 5.41) is 0. The van der Waals surface area contributed by atoms with E-state index in [1.807, 2.05) is 35.2 Å². The maximum Gasteiger partial charge on any atom is 0.410 e. The quantitative estimate of drug-likeness (QED) is 0.764. The lowest BCUT2D eigenvalue weighted by molar-refractivity contribution is 0.0572. The minimum atomic E-state index is -0.200. The van der Waals surface area contributed by atoms with Crippen molar-refractivity contribution in [1.82, 2.24) is 4.90 Å². The Morgan fingerprint density at radius 2 is 2.00 bits per heavy atom. The number of hydrogen-bond donors (Lipinski definition) is 0. The van der Waals surface area contributed by atoms with Crippen LogP contribution in [0.1, 0.15) is 45.6 Å². The number of piperidine rings is 1. The SMILES string of the molecule is CC(C)=C[C@H]1CCC[C@@H](C)N1C(=O)OCc1ccccc1. The Labute approximate surface area is 127 Å². The van der Waals surface area contributed by atoms with Crippen molar-refractivity contribution in [3.05, 3.63) is 47.5 Å². The summed E-state index contributed by atoms with van der Waals surface area (Å²) in [5.74, 6) is 0. The van der Waals surface area contributed by atoms with E-state index in [2.05, 4.69) is 26.8 Å². The van der Waals surface area contributed by atoms with Crippen LogP contribution in [0, 0.1) is 0 Å². The van der Waals surface area contributed by atoms with E-state index in [-0.39, 0.29) is 18.2 Å². The van der Waals surface area contributed by atoms with Gasteiger partial charge in [0.25, 0.3) is 0 Å². The normalized spacial score (nSPS) is 21.8. The molecule has 1 fully saturated rings. The average molecular weight is 287 g/mol. The molecular formula is C18H25NO2. The summed E-state index contributed by atoms with van der Waals surface area (Å²) in [4.78, 5) is 14.4. The van der Waals surface area contributed by atoms with E-state index in [1.165, 1.54) is 5.57 Å². The summed E-state index contributed by atoms with van der Waals surface area (Å²) in [6.45, 7) is 6.60. The average Bonchev–Trinajstić information content (AvgIpc) is 2.45. The van der Waals surface area contributed by atoms with Crippen molar-refractivity contribution in [2.45, 2.75) is 58.7 Å².